The number of nitrogens with two attached hydrogens (primary N) is 1. The van der Waals surface area contributed by atoms with Crippen LogP contribution >= 0.6 is 23.2 Å². The summed E-state index contributed by atoms with van der Waals surface area (Å²) in [6, 6.07) is 20.0. The van der Waals surface area contributed by atoms with E-state index < -0.39 is 5.91 Å². The molecule has 0 aliphatic heterocycles. The standard InChI is InChI=1S/C19H13Cl2N3O2.C6H6N2O/c20-15-8-7-14(23-19(26)13-6-9-17(21)22-11-13)10-16(15)24-18(25)12-4-2-1-3-5-12;7-6(9)5-2-1-3-8-4-5/h1-11H,(H,23,26)(H,24,25);1-4H,(H2,7,9). The molecule has 0 spiro atoms. The predicted molar refractivity (Wildman–Crippen MR) is 136 cm³/mol. The van der Waals surface area contributed by atoms with Crippen LogP contribution in [0, 0.1) is 0 Å². The average Bonchev–Trinajstić information content (AvgIpc) is 2.88. The van der Waals surface area contributed by atoms with Crippen molar-refractivity contribution in [1.29, 1.82) is 0 Å². The SMILES string of the molecule is NC(=O)c1cccnc1.O=C(Nc1ccc(Cl)c(NC(=O)c2ccccc2)c1)c1ccc(Cl)nc1. The van der Waals surface area contributed by atoms with Gasteiger partial charge in [-0.2, -0.15) is 0 Å². The Morgan fingerprint density at radius 2 is 1.46 bits per heavy atom. The number of amides is 3. The van der Waals surface area contributed by atoms with Gasteiger partial charge in [-0.05, 0) is 54.6 Å². The Labute approximate surface area is 211 Å². The molecular formula is C25H19Cl2N5O3. The van der Waals surface area contributed by atoms with Crippen molar-refractivity contribution in [1.82, 2.24) is 9.97 Å². The second kappa shape index (κ2) is 12.3. The molecule has 0 aliphatic carbocycles. The number of nitrogens with one attached hydrogen (secondary N) is 2. The van der Waals surface area contributed by atoms with E-state index in [4.69, 9.17) is 28.9 Å². The van der Waals surface area contributed by atoms with Gasteiger partial charge in [0.2, 0.25) is 5.91 Å². The number of rotatable bonds is 5. The Morgan fingerprint density at radius 3 is 2.06 bits per heavy atom. The highest BCUT2D eigenvalue weighted by atomic mass is 35.5. The second-order valence-electron chi connectivity index (χ2n) is 6.94. The summed E-state index contributed by atoms with van der Waals surface area (Å²) >= 11 is 11.9. The van der Waals surface area contributed by atoms with Crippen LogP contribution < -0.4 is 16.4 Å². The van der Waals surface area contributed by atoms with E-state index in [1.165, 1.54) is 18.5 Å². The minimum atomic E-state index is -0.442. The maximum absolute atomic E-state index is 12.3. The third-order valence-corrected chi connectivity index (χ3v) is 5.00. The van der Waals surface area contributed by atoms with Crippen LogP contribution in [-0.4, -0.2) is 27.7 Å². The zero-order valence-electron chi connectivity index (χ0n) is 18.1. The summed E-state index contributed by atoms with van der Waals surface area (Å²) in [4.78, 5) is 42.5. The summed E-state index contributed by atoms with van der Waals surface area (Å²) in [5.41, 5.74) is 7.12. The number of aromatic nitrogens is 2. The van der Waals surface area contributed by atoms with Crippen molar-refractivity contribution >= 4 is 52.3 Å². The first kappa shape index (κ1) is 25.4. The van der Waals surface area contributed by atoms with Crippen LogP contribution in [0.1, 0.15) is 31.1 Å². The summed E-state index contributed by atoms with van der Waals surface area (Å²) in [7, 11) is 0. The minimum absolute atomic E-state index is 0.294. The van der Waals surface area contributed by atoms with E-state index >= 15 is 0 Å². The average molecular weight is 508 g/mol. The Kier molecular flexibility index (Phi) is 8.89. The first-order valence-electron chi connectivity index (χ1n) is 10.1. The molecule has 2 heterocycles. The van der Waals surface area contributed by atoms with E-state index in [0.717, 1.165) is 0 Å². The van der Waals surface area contributed by atoms with Crippen molar-refractivity contribution in [3.05, 3.63) is 118 Å². The molecule has 3 amide bonds. The summed E-state index contributed by atoms with van der Waals surface area (Å²) in [6.07, 6.45) is 4.40. The lowest BCUT2D eigenvalue weighted by molar-refractivity contribution is 0.0996. The summed E-state index contributed by atoms with van der Waals surface area (Å²) < 4.78 is 0. The zero-order chi connectivity index (χ0) is 25.2. The lowest BCUT2D eigenvalue weighted by Crippen LogP contribution is -2.14. The molecule has 2 aromatic carbocycles. The number of nitrogens with zero attached hydrogens (tertiary/aromatic N) is 2. The van der Waals surface area contributed by atoms with Gasteiger partial charge in [0.15, 0.2) is 0 Å². The van der Waals surface area contributed by atoms with Gasteiger partial charge in [-0.25, -0.2) is 4.98 Å². The molecule has 0 saturated heterocycles. The van der Waals surface area contributed by atoms with Crippen LogP contribution in [0.3, 0.4) is 0 Å². The number of hydrogen-bond donors (Lipinski definition) is 3. The van der Waals surface area contributed by atoms with Crippen molar-refractivity contribution in [3.63, 3.8) is 0 Å². The number of carbonyl (C=O) groups is 3. The van der Waals surface area contributed by atoms with Crippen LogP contribution in [0.25, 0.3) is 0 Å². The lowest BCUT2D eigenvalue weighted by atomic mass is 10.2. The van der Waals surface area contributed by atoms with Crippen LogP contribution in [0.5, 0.6) is 0 Å². The van der Waals surface area contributed by atoms with E-state index in [2.05, 4.69) is 20.6 Å². The normalized spacial score (nSPS) is 9.89. The predicted octanol–water partition coefficient (Wildman–Crippen LogP) is 5.07. The van der Waals surface area contributed by atoms with E-state index in [1.807, 2.05) is 6.07 Å². The molecule has 0 bridgehead atoms. The minimum Gasteiger partial charge on any atom is -0.366 e. The first-order valence-corrected chi connectivity index (χ1v) is 10.9. The number of anilines is 2. The second-order valence-corrected chi connectivity index (χ2v) is 7.74. The number of halogens is 2. The van der Waals surface area contributed by atoms with Crippen LogP contribution in [0.15, 0.2) is 91.4 Å². The van der Waals surface area contributed by atoms with Crippen LogP contribution in [-0.2, 0) is 0 Å². The Morgan fingerprint density at radius 1 is 0.743 bits per heavy atom. The molecule has 0 atom stereocenters. The van der Waals surface area contributed by atoms with Gasteiger partial charge in [0.05, 0.1) is 21.8 Å². The van der Waals surface area contributed by atoms with Crippen LogP contribution in [0.2, 0.25) is 10.2 Å². The van der Waals surface area contributed by atoms with Crippen molar-refractivity contribution in [2.75, 3.05) is 10.6 Å². The summed E-state index contributed by atoms with van der Waals surface area (Å²) in [5.74, 6) is -1.09. The highest BCUT2D eigenvalue weighted by molar-refractivity contribution is 6.34. The molecule has 2 aromatic heterocycles. The highest BCUT2D eigenvalue weighted by Crippen LogP contribution is 2.26. The fourth-order valence-corrected chi connectivity index (χ4v) is 2.98. The summed E-state index contributed by atoms with van der Waals surface area (Å²) in [6.45, 7) is 0. The molecule has 0 aliphatic rings. The first-order chi connectivity index (χ1) is 16.8. The maximum Gasteiger partial charge on any atom is 0.257 e. The van der Waals surface area contributed by atoms with Crippen molar-refractivity contribution in [3.8, 4) is 0 Å². The van der Waals surface area contributed by atoms with Gasteiger partial charge in [0.1, 0.15) is 5.15 Å². The fraction of sp³-hybridized carbons (Fsp3) is 0. The third-order valence-electron chi connectivity index (χ3n) is 4.44. The number of carbonyl (C=O) groups excluding carboxylic acids is 3. The number of benzene rings is 2. The fourth-order valence-electron chi connectivity index (χ4n) is 2.70. The molecule has 4 rings (SSSR count). The van der Waals surface area contributed by atoms with Crippen molar-refractivity contribution < 1.29 is 14.4 Å². The third kappa shape index (κ3) is 7.63. The van der Waals surface area contributed by atoms with E-state index in [0.29, 0.717) is 38.2 Å². The maximum atomic E-state index is 12.3. The molecule has 0 unspecified atom stereocenters. The zero-order valence-corrected chi connectivity index (χ0v) is 19.6. The quantitative estimate of drug-likeness (QED) is 0.324. The van der Waals surface area contributed by atoms with Gasteiger partial charge in [-0.1, -0.05) is 41.4 Å². The molecular weight excluding hydrogens is 489 g/mol. The molecule has 0 radical (unpaired) electrons. The molecule has 10 heteroatoms. The number of primary amides is 1. The van der Waals surface area contributed by atoms with Gasteiger partial charge in [-0.15, -0.1) is 0 Å². The van der Waals surface area contributed by atoms with E-state index in [-0.39, 0.29) is 11.8 Å². The number of pyridine rings is 2. The monoisotopic (exact) mass is 507 g/mol. The molecule has 0 saturated carbocycles. The van der Waals surface area contributed by atoms with Gasteiger partial charge >= 0.3 is 0 Å². The van der Waals surface area contributed by atoms with Gasteiger partial charge < -0.3 is 16.4 Å². The van der Waals surface area contributed by atoms with Gasteiger partial charge in [-0.3, -0.25) is 19.4 Å². The Bertz CT molecular complexity index is 1320. The van der Waals surface area contributed by atoms with Gasteiger partial charge in [0, 0.05) is 29.8 Å². The molecule has 176 valence electrons. The molecule has 4 aromatic rings. The van der Waals surface area contributed by atoms with Crippen molar-refractivity contribution in [2.45, 2.75) is 0 Å². The topological polar surface area (TPSA) is 127 Å². The molecule has 8 nitrogen and oxygen atoms in total. The Balaban J connectivity index is 0.000000320. The van der Waals surface area contributed by atoms with Crippen LogP contribution in [0.4, 0.5) is 11.4 Å². The van der Waals surface area contributed by atoms with Crippen molar-refractivity contribution in [2.24, 2.45) is 5.73 Å². The number of hydrogen-bond acceptors (Lipinski definition) is 5. The van der Waals surface area contributed by atoms with E-state index in [9.17, 15) is 14.4 Å². The largest absolute Gasteiger partial charge is 0.366 e. The summed E-state index contributed by atoms with van der Waals surface area (Å²) in [5, 5.41) is 6.13. The Hall–Kier alpha value is -4.27. The highest BCUT2D eigenvalue weighted by Gasteiger charge is 2.11. The smallest absolute Gasteiger partial charge is 0.257 e. The lowest BCUT2D eigenvalue weighted by Gasteiger charge is -2.11. The molecule has 4 N–H and O–H groups in total. The molecule has 0 fully saturated rings. The van der Waals surface area contributed by atoms with Gasteiger partial charge in [0.25, 0.3) is 11.8 Å². The molecule has 35 heavy (non-hydrogen) atoms. The van der Waals surface area contributed by atoms with E-state index in [1.54, 1.807) is 66.9 Å².